The van der Waals surface area contributed by atoms with Gasteiger partial charge in [-0.3, -0.25) is 0 Å². The van der Waals surface area contributed by atoms with Gasteiger partial charge in [-0.25, -0.2) is 0 Å². The summed E-state index contributed by atoms with van der Waals surface area (Å²) < 4.78 is 22.5. The molecule has 4 rings (SSSR count). The van der Waals surface area contributed by atoms with Gasteiger partial charge in [-0.1, -0.05) is 36.4 Å². The van der Waals surface area contributed by atoms with E-state index >= 15 is 0 Å². The summed E-state index contributed by atoms with van der Waals surface area (Å²) in [5.74, 6) is 3.05. The molecule has 0 fully saturated rings. The van der Waals surface area contributed by atoms with Gasteiger partial charge in [0.1, 0.15) is 6.61 Å². The number of benzene rings is 3. The molecule has 3 aromatic rings. The Morgan fingerprint density at radius 1 is 0.821 bits per heavy atom. The summed E-state index contributed by atoms with van der Waals surface area (Å²) in [6, 6.07) is 22.0. The van der Waals surface area contributed by atoms with Crippen LogP contribution in [0.4, 0.5) is 5.69 Å². The van der Waals surface area contributed by atoms with Gasteiger partial charge >= 0.3 is 0 Å². The van der Waals surface area contributed by atoms with E-state index in [0.717, 1.165) is 39.8 Å². The SMILES string of the molecule is CCOc1cc(CNc2ccc3c(c2)OCO3)ccc1OCc1ccccc1. The molecular formula is C23H23NO4. The number of rotatable bonds is 8. The molecule has 0 bridgehead atoms. The molecule has 0 aromatic heterocycles. The molecule has 144 valence electrons. The van der Waals surface area contributed by atoms with Crippen molar-refractivity contribution in [2.45, 2.75) is 20.1 Å². The third-order valence-electron chi connectivity index (χ3n) is 4.41. The minimum atomic E-state index is 0.279. The predicted octanol–water partition coefficient (Wildman–Crippen LogP) is 5.01. The van der Waals surface area contributed by atoms with Crippen LogP contribution in [0.25, 0.3) is 0 Å². The van der Waals surface area contributed by atoms with Crippen LogP contribution in [0.5, 0.6) is 23.0 Å². The minimum Gasteiger partial charge on any atom is -0.490 e. The molecule has 0 unspecified atom stereocenters. The van der Waals surface area contributed by atoms with Crippen molar-refractivity contribution in [1.82, 2.24) is 0 Å². The molecule has 1 aliphatic heterocycles. The van der Waals surface area contributed by atoms with Crippen LogP contribution in [0.1, 0.15) is 18.1 Å². The maximum absolute atomic E-state index is 5.97. The van der Waals surface area contributed by atoms with Gasteiger partial charge in [0.05, 0.1) is 6.61 Å². The minimum absolute atomic E-state index is 0.279. The molecule has 28 heavy (non-hydrogen) atoms. The maximum Gasteiger partial charge on any atom is 0.231 e. The normalized spacial score (nSPS) is 11.9. The molecule has 0 aliphatic carbocycles. The lowest BCUT2D eigenvalue weighted by molar-refractivity contribution is 0.174. The van der Waals surface area contributed by atoms with E-state index in [2.05, 4.69) is 5.32 Å². The predicted molar refractivity (Wildman–Crippen MR) is 108 cm³/mol. The van der Waals surface area contributed by atoms with Gasteiger partial charge in [-0.2, -0.15) is 0 Å². The molecule has 1 heterocycles. The quantitative estimate of drug-likeness (QED) is 0.598. The third kappa shape index (κ3) is 4.31. The van der Waals surface area contributed by atoms with Crippen LogP contribution >= 0.6 is 0 Å². The Balaban J connectivity index is 1.42. The van der Waals surface area contributed by atoms with Gasteiger partial charge in [0.15, 0.2) is 23.0 Å². The molecule has 0 radical (unpaired) electrons. The monoisotopic (exact) mass is 377 g/mol. The van der Waals surface area contributed by atoms with E-state index < -0.39 is 0 Å². The first-order valence-corrected chi connectivity index (χ1v) is 9.38. The van der Waals surface area contributed by atoms with Crippen molar-refractivity contribution in [3.05, 3.63) is 77.9 Å². The fourth-order valence-electron chi connectivity index (χ4n) is 3.00. The number of ether oxygens (including phenoxy) is 4. The molecular weight excluding hydrogens is 354 g/mol. The Morgan fingerprint density at radius 3 is 2.54 bits per heavy atom. The Labute approximate surface area is 164 Å². The Morgan fingerprint density at radius 2 is 1.68 bits per heavy atom. The third-order valence-corrected chi connectivity index (χ3v) is 4.41. The van der Waals surface area contributed by atoms with Crippen LogP contribution in [0, 0.1) is 0 Å². The number of hydrogen-bond acceptors (Lipinski definition) is 5. The van der Waals surface area contributed by atoms with E-state index in [1.807, 2.05) is 73.7 Å². The van der Waals surface area contributed by atoms with Crippen molar-refractivity contribution in [3.63, 3.8) is 0 Å². The molecule has 3 aromatic carbocycles. The zero-order chi connectivity index (χ0) is 19.2. The summed E-state index contributed by atoms with van der Waals surface area (Å²) in [6.07, 6.45) is 0. The first-order valence-electron chi connectivity index (χ1n) is 9.38. The van der Waals surface area contributed by atoms with Crippen molar-refractivity contribution < 1.29 is 18.9 Å². The summed E-state index contributed by atoms with van der Waals surface area (Å²) in [5.41, 5.74) is 3.21. The van der Waals surface area contributed by atoms with Gasteiger partial charge in [0.2, 0.25) is 6.79 Å². The van der Waals surface area contributed by atoms with Crippen LogP contribution in [0.15, 0.2) is 66.7 Å². The number of fused-ring (bicyclic) bond motifs is 1. The van der Waals surface area contributed by atoms with Gasteiger partial charge in [-0.15, -0.1) is 0 Å². The largest absolute Gasteiger partial charge is 0.490 e. The second kappa shape index (κ2) is 8.57. The Hall–Kier alpha value is -3.34. The lowest BCUT2D eigenvalue weighted by Crippen LogP contribution is -2.03. The van der Waals surface area contributed by atoms with E-state index in [9.17, 15) is 0 Å². The molecule has 5 heteroatoms. The van der Waals surface area contributed by atoms with Crippen molar-refractivity contribution in [2.24, 2.45) is 0 Å². The van der Waals surface area contributed by atoms with Crippen molar-refractivity contribution in [1.29, 1.82) is 0 Å². The topological polar surface area (TPSA) is 49.0 Å². The average Bonchev–Trinajstić information content (AvgIpc) is 3.20. The summed E-state index contributed by atoms with van der Waals surface area (Å²) in [4.78, 5) is 0. The first kappa shape index (κ1) is 18.0. The molecule has 0 spiro atoms. The van der Waals surface area contributed by atoms with Gasteiger partial charge in [-0.05, 0) is 42.3 Å². The number of hydrogen-bond donors (Lipinski definition) is 1. The van der Waals surface area contributed by atoms with Crippen molar-refractivity contribution in [3.8, 4) is 23.0 Å². The summed E-state index contributed by atoms with van der Waals surface area (Å²) in [7, 11) is 0. The van der Waals surface area contributed by atoms with Crippen LogP contribution < -0.4 is 24.3 Å². The maximum atomic E-state index is 5.97. The van der Waals surface area contributed by atoms with E-state index in [1.54, 1.807) is 0 Å². The molecule has 0 amide bonds. The van der Waals surface area contributed by atoms with Crippen LogP contribution in [-0.2, 0) is 13.2 Å². The number of nitrogens with one attached hydrogen (secondary N) is 1. The zero-order valence-electron chi connectivity index (χ0n) is 15.8. The van der Waals surface area contributed by atoms with Crippen LogP contribution in [-0.4, -0.2) is 13.4 Å². The smallest absolute Gasteiger partial charge is 0.231 e. The molecule has 1 aliphatic rings. The second-order valence-corrected chi connectivity index (χ2v) is 6.41. The number of anilines is 1. The lowest BCUT2D eigenvalue weighted by atomic mass is 10.2. The molecule has 0 saturated carbocycles. The van der Waals surface area contributed by atoms with E-state index in [4.69, 9.17) is 18.9 Å². The Kier molecular flexibility index (Phi) is 5.52. The highest BCUT2D eigenvalue weighted by Gasteiger charge is 2.13. The Bertz CT molecular complexity index is 927. The van der Waals surface area contributed by atoms with E-state index in [1.165, 1.54) is 0 Å². The highest BCUT2D eigenvalue weighted by molar-refractivity contribution is 5.56. The zero-order valence-corrected chi connectivity index (χ0v) is 15.8. The second-order valence-electron chi connectivity index (χ2n) is 6.41. The standard InChI is InChI=1S/C23H23NO4/c1-2-25-22-12-18(8-10-20(22)26-15-17-6-4-3-5-7-17)14-24-19-9-11-21-23(13-19)28-16-27-21/h3-13,24H,2,14-16H2,1H3. The molecule has 5 nitrogen and oxygen atoms in total. The van der Waals surface area contributed by atoms with Crippen LogP contribution in [0.3, 0.4) is 0 Å². The molecule has 1 N–H and O–H groups in total. The molecule has 0 atom stereocenters. The summed E-state index contributed by atoms with van der Waals surface area (Å²) in [6.45, 7) is 4.01. The first-order chi connectivity index (χ1) is 13.8. The van der Waals surface area contributed by atoms with Gasteiger partial charge in [0, 0.05) is 18.3 Å². The van der Waals surface area contributed by atoms with Crippen LogP contribution in [0.2, 0.25) is 0 Å². The van der Waals surface area contributed by atoms with Crippen molar-refractivity contribution in [2.75, 3.05) is 18.7 Å². The van der Waals surface area contributed by atoms with Gasteiger partial charge in [0.25, 0.3) is 0 Å². The van der Waals surface area contributed by atoms with Gasteiger partial charge < -0.3 is 24.3 Å². The van der Waals surface area contributed by atoms with E-state index in [-0.39, 0.29) is 6.79 Å². The highest BCUT2D eigenvalue weighted by Crippen LogP contribution is 2.34. The average molecular weight is 377 g/mol. The fourth-order valence-corrected chi connectivity index (χ4v) is 3.00. The molecule has 0 saturated heterocycles. The van der Waals surface area contributed by atoms with Crippen molar-refractivity contribution >= 4 is 5.69 Å². The van der Waals surface area contributed by atoms with E-state index in [0.29, 0.717) is 19.8 Å². The summed E-state index contributed by atoms with van der Waals surface area (Å²) in [5, 5.41) is 3.41. The highest BCUT2D eigenvalue weighted by atomic mass is 16.7. The fraction of sp³-hybridized carbons (Fsp3) is 0.217. The lowest BCUT2D eigenvalue weighted by Gasteiger charge is -2.14. The summed E-state index contributed by atoms with van der Waals surface area (Å²) >= 11 is 0.